The van der Waals surface area contributed by atoms with Crippen LogP contribution in [0.15, 0.2) is 24.3 Å². The molecule has 0 saturated heterocycles. The standard InChI is InChI=1S/C12H20N2O/c1-4-14(10(2)9-13)11-5-7-12(15-3)8-6-11/h5-8,10H,4,9,13H2,1-3H3. The third kappa shape index (κ3) is 2.86. The van der Waals surface area contributed by atoms with E-state index in [0.29, 0.717) is 12.6 Å². The van der Waals surface area contributed by atoms with Gasteiger partial charge in [0.15, 0.2) is 0 Å². The summed E-state index contributed by atoms with van der Waals surface area (Å²) in [4.78, 5) is 2.28. The fourth-order valence-corrected chi connectivity index (χ4v) is 1.65. The van der Waals surface area contributed by atoms with Gasteiger partial charge in [0.25, 0.3) is 0 Å². The molecule has 3 nitrogen and oxygen atoms in total. The van der Waals surface area contributed by atoms with Gasteiger partial charge in [-0.15, -0.1) is 0 Å². The molecule has 1 atom stereocenters. The van der Waals surface area contributed by atoms with E-state index in [1.807, 2.05) is 12.1 Å². The van der Waals surface area contributed by atoms with Crippen molar-refractivity contribution in [2.75, 3.05) is 25.1 Å². The molecule has 1 rings (SSSR count). The van der Waals surface area contributed by atoms with Gasteiger partial charge < -0.3 is 15.4 Å². The molecule has 0 heterocycles. The number of methoxy groups -OCH3 is 1. The van der Waals surface area contributed by atoms with Crippen LogP contribution in [0, 0.1) is 0 Å². The number of rotatable bonds is 5. The van der Waals surface area contributed by atoms with Gasteiger partial charge in [-0.25, -0.2) is 0 Å². The average molecular weight is 208 g/mol. The smallest absolute Gasteiger partial charge is 0.119 e. The highest BCUT2D eigenvalue weighted by Gasteiger charge is 2.10. The van der Waals surface area contributed by atoms with Crippen molar-refractivity contribution in [3.63, 3.8) is 0 Å². The number of hydrogen-bond acceptors (Lipinski definition) is 3. The van der Waals surface area contributed by atoms with Gasteiger partial charge in [0, 0.05) is 24.8 Å². The molecule has 0 radical (unpaired) electrons. The first-order valence-electron chi connectivity index (χ1n) is 5.33. The minimum absolute atomic E-state index is 0.364. The first-order chi connectivity index (χ1) is 7.22. The van der Waals surface area contributed by atoms with Crippen LogP contribution in [0.4, 0.5) is 5.69 Å². The molecule has 0 spiro atoms. The zero-order valence-electron chi connectivity index (χ0n) is 9.73. The summed E-state index contributed by atoms with van der Waals surface area (Å²) < 4.78 is 5.13. The molecule has 1 unspecified atom stereocenters. The number of ether oxygens (including phenoxy) is 1. The lowest BCUT2D eigenvalue weighted by atomic mass is 10.2. The van der Waals surface area contributed by atoms with Crippen LogP contribution in [0.1, 0.15) is 13.8 Å². The fourth-order valence-electron chi connectivity index (χ4n) is 1.65. The van der Waals surface area contributed by atoms with Gasteiger partial charge in [0.1, 0.15) is 5.75 Å². The number of hydrogen-bond donors (Lipinski definition) is 1. The molecule has 0 aliphatic carbocycles. The second-order valence-corrected chi connectivity index (χ2v) is 3.57. The topological polar surface area (TPSA) is 38.5 Å². The third-order valence-electron chi connectivity index (χ3n) is 2.62. The van der Waals surface area contributed by atoms with Gasteiger partial charge in [-0.3, -0.25) is 0 Å². The van der Waals surface area contributed by atoms with Crippen molar-refractivity contribution in [1.82, 2.24) is 0 Å². The van der Waals surface area contributed by atoms with E-state index < -0.39 is 0 Å². The Balaban J connectivity index is 2.83. The van der Waals surface area contributed by atoms with E-state index in [2.05, 4.69) is 30.9 Å². The number of nitrogens with two attached hydrogens (primary N) is 1. The Hall–Kier alpha value is -1.22. The van der Waals surface area contributed by atoms with Crippen molar-refractivity contribution in [3.05, 3.63) is 24.3 Å². The van der Waals surface area contributed by atoms with Gasteiger partial charge in [-0.1, -0.05) is 0 Å². The maximum atomic E-state index is 5.68. The van der Waals surface area contributed by atoms with Crippen LogP contribution in [-0.4, -0.2) is 26.2 Å². The van der Waals surface area contributed by atoms with E-state index in [1.54, 1.807) is 7.11 Å². The molecule has 1 aromatic carbocycles. The monoisotopic (exact) mass is 208 g/mol. The minimum Gasteiger partial charge on any atom is -0.497 e. The van der Waals surface area contributed by atoms with Gasteiger partial charge in [-0.05, 0) is 38.1 Å². The lowest BCUT2D eigenvalue weighted by Crippen LogP contribution is -2.38. The molecule has 0 fully saturated rings. The Morgan fingerprint density at radius 2 is 1.93 bits per heavy atom. The van der Waals surface area contributed by atoms with Crippen LogP contribution in [0.3, 0.4) is 0 Å². The second-order valence-electron chi connectivity index (χ2n) is 3.57. The molecule has 2 N–H and O–H groups in total. The largest absolute Gasteiger partial charge is 0.497 e. The van der Waals surface area contributed by atoms with Crippen LogP contribution in [0.25, 0.3) is 0 Å². The summed E-state index contributed by atoms with van der Waals surface area (Å²) in [5.41, 5.74) is 6.87. The van der Waals surface area contributed by atoms with Gasteiger partial charge in [-0.2, -0.15) is 0 Å². The fraction of sp³-hybridized carbons (Fsp3) is 0.500. The highest BCUT2D eigenvalue weighted by atomic mass is 16.5. The summed E-state index contributed by atoms with van der Waals surface area (Å²) in [5, 5.41) is 0. The first kappa shape index (κ1) is 11.9. The van der Waals surface area contributed by atoms with E-state index in [1.165, 1.54) is 5.69 Å². The predicted molar refractivity (Wildman–Crippen MR) is 64.5 cm³/mol. The van der Waals surface area contributed by atoms with E-state index in [9.17, 15) is 0 Å². The van der Waals surface area contributed by atoms with E-state index in [0.717, 1.165) is 12.3 Å². The highest BCUT2D eigenvalue weighted by molar-refractivity contribution is 5.49. The first-order valence-corrected chi connectivity index (χ1v) is 5.33. The molecule has 15 heavy (non-hydrogen) atoms. The number of likely N-dealkylation sites (N-methyl/N-ethyl adjacent to an activating group) is 1. The summed E-state index contributed by atoms with van der Waals surface area (Å²) in [6.07, 6.45) is 0. The summed E-state index contributed by atoms with van der Waals surface area (Å²) in [5.74, 6) is 0.884. The zero-order chi connectivity index (χ0) is 11.3. The summed E-state index contributed by atoms with van der Waals surface area (Å²) in [6.45, 7) is 5.90. The van der Waals surface area contributed by atoms with Crippen molar-refractivity contribution >= 4 is 5.69 Å². The van der Waals surface area contributed by atoms with Crippen molar-refractivity contribution in [2.45, 2.75) is 19.9 Å². The van der Waals surface area contributed by atoms with Gasteiger partial charge in [0.05, 0.1) is 7.11 Å². The maximum absolute atomic E-state index is 5.68. The normalized spacial score (nSPS) is 12.3. The predicted octanol–water partition coefficient (Wildman–Crippen LogP) is 1.87. The molecule has 3 heteroatoms. The molecule has 1 aromatic rings. The highest BCUT2D eigenvalue weighted by Crippen LogP contribution is 2.20. The average Bonchev–Trinajstić information content (AvgIpc) is 2.30. The molecule has 0 aromatic heterocycles. The van der Waals surface area contributed by atoms with Crippen molar-refractivity contribution in [1.29, 1.82) is 0 Å². The molecule has 0 aliphatic heterocycles. The van der Waals surface area contributed by atoms with E-state index in [-0.39, 0.29) is 0 Å². The molecular formula is C12H20N2O. The molecule has 0 aliphatic rings. The van der Waals surface area contributed by atoms with Crippen LogP contribution in [-0.2, 0) is 0 Å². The molecule has 0 bridgehead atoms. The summed E-state index contributed by atoms with van der Waals surface area (Å²) in [6, 6.07) is 8.44. The van der Waals surface area contributed by atoms with Crippen LogP contribution in [0.2, 0.25) is 0 Å². The van der Waals surface area contributed by atoms with Gasteiger partial charge >= 0.3 is 0 Å². The molecule has 84 valence electrons. The van der Waals surface area contributed by atoms with Gasteiger partial charge in [0.2, 0.25) is 0 Å². The Morgan fingerprint density at radius 1 is 1.33 bits per heavy atom. The molecule has 0 amide bonds. The lowest BCUT2D eigenvalue weighted by molar-refractivity contribution is 0.415. The van der Waals surface area contributed by atoms with Crippen molar-refractivity contribution in [3.8, 4) is 5.75 Å². The quantitative estimate of drug-likeness (QED) is 0.802. The Morgan fingerprint density at radius 3 is 2.33 bits per heavy atom. The number of nitrogens with zero attached hydrogens (tertiary/aromatic N) is 1. The number of benzene rings is 1. The van der Waals surface area contributed by atoms with Crippen molar-refractivity contribution < 1.29 is 4.74 Å². The van der Waals surface area contributed by atoms with Crippen LogP contribution in [0.5, 0.6) is 5.75 Å². The lowest BCUT2D eigenvalue weighted by Gasteiger charge is -2.29. The minimum atomic E-state index is 0.364. The summed E-state index contributed by atoms with van der Waals surface area (Å²) >= 11 is 0. The van der Waals surface area contributed by atoms with Crippen LogP contribution >= 0.6 is 0 Å². The zero-order valence-corrected chi connectivity index (χ0v) is 9.73. The number of anilines is 1. The Kier molecular flexibility index (Phi) is 4.43. The Bertz CT molecular complexity index is 284. The van der Waals surface area contributed by atoms with Crippen molar-refractivity contribution in [2.24, 2.45) is 5.73 Å². The maximum Gasteiger partial charge on any atom is 0.119 e. The Labute approximate surface area is 91.8 Å². The second kappa shape index (κ2) is 5.61. The van der Waals surface area contributed by atoms with Crippen LogP contribution < -0.4 is 15.4 Å². The summed E-state index contributed by atoms with van der Waals surface area (Å²) in [7, 11) is 1.68. The third-order valence-corrected chi connectivity index (χ3v) is 2.62. The molecular weight excluding hydrogens is 188 g/mol. The molecule has 0 saturated carbocycles. The van der Waals surface area contributed by atoms with E-state index in [4.69, 9.17) is 10.5 Å². The van der Waals surface area contributed by atoms with E-state index >= 15 is 0 Å². The SMILES string of the molecule is CCN(c1ccc(OC)cc1)C(C)CN.